The van der Waals surface area contributed by atoms with Crippen molar-refractivity contribution in [3.8, 4) is 0 Å². The van der Waals surface area contributed by atoms with Crippen molar-refractivity contribution < 1.29 is 9.90 Å². The summed E-state index contributed by atoms with van der Waals surface area (Å²) in [6.07, 6.45) is 0. The van der Waals surface area contributed by atoms with Gasteiger partial charge in [-0.3, -0.25) is 4.79 Å². The lowest BCUT2D eigenvalue weighted by atomic mass is 10.2. The average molecular weight is 229 g/mol. The van der Waals surface area contributed by atoms with Gasteiger partial charge < -0.3 is 10.1 Å². The van der Waals surface area contributed by atoms with Crippen LogP contribution in [0.5, 0.6) is 0 Å². The first-order chi connectivity index (χ1) is 8.18. The van der Waals surface area contributed by atoms with Crippen molar-refractivity contribution in [3.05, 3.63) is 40.2 Å². The smallest absolute Gasteiger partial charge is 0.343 e. The second-order valence-corrected chi connectivity index (χ2v) is 3.63. The number of aromatic carboxylic acids is 1. The second kappa shape index (κ2) is 3.18. The lowest BCUT2D eigenvalue weighted by Gasteiger charge is -1.94. The molecule has 0 aliphatic heterocycles. The van der Waals surface area contributed by atoms with Crippen molar-refractivity contribution in [2.45, 2.75) is 0 Å². The van der Waals surface area contributed by atoms with E-state index in [-0.39, 0.29) is 11.1 Å². The number of hydrogen-bond donors (Lipinski definition) is 3. The fourth-order valence-electron chi connectivity index (χ4n) is 1.90. The zero-order valence-corrected chi connectivity index (χ0v) is 8.52. The number of nitrogens with one attached hydrogen (secondary N) is 2. The van der Waals surface area contributed by atoms with E-state index in [1.807, 2.05) is 18.2 Å². The Morgan fingerprint density at radius 3 is 2.82 bits per heavy atom. The highest BCUT2D eigenvalue weighted by Crippen LogP contribution is 2.23. The summed E-state index contributed by atoms with van der Waals surface area (Å²) in [5.41, 5.74) is 0.430. The van der Waals surface area contributed by atoms with Crippen molar-refractivity contribution in [2.24, 2.45) is 0 Å². The van der Waals surface area contributed by atoms with Gasteiger partial charge in [-0.25, -0.2) is 9.89 Å². The molecular weight excluding hydrogens is 222 g/mol. The van der Waals surface area contributed by atoms with Gasteiger partial charge in [0.15, 0.2) is 5.56 Å². The molecule has 3 N–H and O–H groups in total. The second-order valence-electron chi connectivity index (χ2n) is 3.63. The van der Waals surface area contributed by atoms with Crippen molar-refractivity contribution in [1.82, 2.24) is 15.2 Å². The number of H-pyrrole nitrogens is 2. The van der Waals surface area contributed by atoms with Crippen molar-refractivity contribution >= 4 is 27.9 Å². The highest BCUT2D eigenvalue weighted by atomic mass is 16.4. The lowest BCUT2D eigenvalue weighted by Crippen LogP contribution is -2.19. The molecule has 2 heterocycles. The summed E-state index contributed by atoms with van der Waals surface area (Å²) in [7, 11) is 0. The molecule has 0 spiro atoms. The molecule has 1 aromatic carbocycles. The van der Waals surface area contributed by atoms with Crippen LogP contribution in [0.4, 0.5) is 0 Å². The predicted molar refractivity (Wildman–Crippen MR) is 61.2 cm³/mol. The number of carboxylic acid groups (broad SMARTS) is 1. The van der Waals surface area contributed by atoms with Gasteiger partial charge in [0.25, 0.3) is 5.56 Å². The minimum atomic E-state index is -1.27. The Labute approximate surface area is 93.9 Å². The Bertz CT molecular complexity index is 800. The summed E-state index contributed by atoms with van der Waals surface area (Å²) in [6.45, 7) is 0. The molecule has 0 saturated carbocycles. The number of benzene rings is 1. The molecule has 6 nitrogen and oxygen atoms in total. The molecule has 84 valence electrons. The molecule has 0 bridgehead atoms. The van der Waals surface area contributed by atoms with E-state index < -0.39 is 11.5 Å². The van der Waals surface area contributed by atoms with Gasteiger partial charge in [-0.05, 0) is 6.07 Å². The number of carboxylic acids is 1. The van der Waals surface area contributed by atoms with Crippen LogP contribution >= 0.6 is 0 Å². The van der Waals surface area contributed by atoms with Crippen molar-refractivity contribution in [2.75, 3.05) is 0 Å². The number of carbonyl (C=O) groups is 1. The van der Waals surface area contributed by atoms with Crippen LogP contribution in [0.2, 0.25) is 0 Å². The maximum atomic E-state index is 11.4. The molecule has 0 unspecified atom stereocenters. The highest BCUT2D eigenvalue weighted by Gasteiger charge is 2.17. The number of aromatic amines is 2. The van der Waals surface area contributed by atoms with Gasteiger partial charge in [0.2, 0.25) is 0 Å². The van der Waals surface area contributed by atoms with Crippen LogP contribution in [0.1, 0.15) is 10.4 Å². The minimum absolute atomic E-state index is 0.252. The van der Waals surface area contributed by atoms with E-state index in [1.54, 1.807) is 6.07 Å². The Hall–Kier alpha value is -2.63. The molecule has 0 aliphatic rings. The molecule has 0 amide bonds. The number of rotatable bonds is 1. The third-order valence-corrected chi connectivity index (χ3v) is 2.64. The van der Waals surface area contributed by atoms with E-state index in [0.717, 1.165) is 10.9 Å². The molecule has 0 fully saturated rings. The van der Waals surface area contributed by atoms with Crippen LogP contribution in [0, 0.1) is 0 Å². The number of para-hydroxylation sites is 1. The van der Waals surface area contributed by atoms with E-state index in [2.05, 4.69) is 15.2 Å². The lowest BCUT2D eigenvalue weighted by molar-refractivity contribution is 0.0697. The van der Waals surface area contributed by atoms with Crippen molar-refractivity contribution in [1.29, 1.82) is 0 Å². The highest BCUT2D eigenvalue weighted by molar-refractivity contribution is 6.11. The fourth-order valence-corrected chi connectivity index (χ4v) is 1.90. The maximum Gasteiger partial charge on any atom is 0.343 e. The van der Waals surface area contributed by atoms with E-state index in [0.29, 0.717) is 5.52 Å². The van der Waals surface area contributed by atoms with Crippen LogP contribution in [0.3, 0.4) is 0 Å². The molecule has 6 heteroatoms. The SMILES string of the molecule is O=C(O)c1c(=O)[nH]nc2c1[nH]c1ccccc12. The van der Waals surface area contributed by atoms with E-state index in [4.69, 9.17) is 5.11 Å². The van der Waals surface area contributed by atoms with Gasteiger partial charge in [0.1, 0.15) is 5.52 Å². The number of nitrogens with zero attached hydrogens (tertiary/aromatic N) is 1. The van der Waals surface area contributed by atoms with Crippen LogP contribution in [0.15, 0.2) is 29.1 Å². The molecule has 0 saturated heterocycles. The topological polar surface area (TPSA) is 98.8 Å². The van der Waals surface area contributed by atoms with Gasteiger partial charge in [-0.1, -0.05) is 18.2 Å². The molecule has 0 atom stereocenters. The van der Waals surface area contributed by atoms with Gasteiger partial charge in [0.05, 0.1) is 5.52 Å². The van der Waals surface area contributed by atoms with Gasteiger partial charge in [-0.2, -0.15) is 5.10 Å². The number of hydrogen-bond acceptors (Lipinski definition) is 3. The van der Waals surface area contributed by atoms with Crippen LogP contribution in [-0.2, 0) is 0 Å². The first kappa shape index (κ1) is 9.59. The summed E-state index contributed by atoms with van der Waals surface area (Å²) >= 11 is 0. The summed E-state index contributed by atoms with van der Waals surface area (Å²) in [5.74, 6) is -1.27. The minimum Gasteiger partial charge on any atom is -0.477 e. The number of aromatic nitrogens is 3. The molecule has 0 aliphatic carbocycles. The fraction of sp³-hybridized carbons (Fsp3) is 0. The Balaban J connectivity index is 2.60. The standard InChI is InChI=1S/C11H7N3O3/c15-10-7(11(16)17)9-8(13-14-10)5-3-1-2-4-6(5)12-9/h1-4,12H,(H,14,15)(H,16,17). The van der Waals surface area contributed by atoms with Gasteiger partial charge in [-0.15, -0.1) is 0 Å². The number of fused-ring (bicyclic) bond motifs is 3. The third-order valence-electron chi connectivity index (χ3n) is 2.64. The monoisotopic (exact) mass is 229 g/mol. The van der Waals surface area contributed by atoms with E-state index in [9.17, 15) is 9.59 Å². The summed E-state index contributed by atoms with van der Waals surface area (Å²) in [5, 5.41) is 15.9. The largest absolute Gasteiger partial charge is 0.477 e. The molecular formula is C11H7N3O3. The van der Waals surface area contributed by atoms with Crippen molar-refractivity contribution in [3.63, 3.8) is 0 Å². The predicted octanol–water partition coefficient (Wildman–Crippen LogP) is 1.10. The van der Waals surface area contributed by atoms with E-state index in [1.165, 1.54) is 0 Å². The van der Waals surface area contributed by atoms with Gasteiger partial charge in [0, 0.05) is 10.9 Å². The average Bonchev–Trinajstić information content (AvgIpc) is 2.66. The maximum absolute atomic E-state index is 11.4. The van der Waals surface area contributed by atoms with Gasteiger partial charge >= 0.3 is 5.97 Å². The normalized spacial score (nSPS) is 11.1. The molecule has 3 rings (SSSR count). The molecule has 2 aromatic heterocycles. The molecule has 17 heavy (non-hydrogen) atoms. The van der Waals surface area contributed by atoms with Crippen LogP contribution in [-0.4, -0.2) is 26.3 Å². The first-order valence-corrected chi connectivity index (χ1v) is 4.91. The third kappa shape index (κ3) is 1.24. The molecule has 3 aromatic rings. The summed E-state index contributed by atoms with van der Waals surface area (Å²) in [6, 6.07) is 7.25. The summed E-state index contributed by atoms with van der Waals surface area (Å²) in [4.78, 5) is 25.4. The zero-order chi connectivity index (χ0) is 12.0. The summed E-state index contributed by atoms with van der Waals surface area (Å²) < 4.78 is 0. The quantitative estimate of drug-likeness (QED) is 0.581. The van der Waals surface area contributed by atoms with Crippen LogP contribution < -0.4 is 5.56 Å². The Kier molecular flexibility index (Phi) is 1.79. The molecule has 0 radical (unpaired) electrons. The van der Waals surface area contributed by atoms with E-state index >= 15 is 0 Å². The Morgan fingerprint density at radius 1 is 1.29 bits per heavy atom. The zero-order valence-electron chi connectivity index (χ0n) is 8.52. The first-order valence-electron chi connectivity index (χ1n) is 4.91. The Morgan fingerprint density at radius 2 is 2.06 bits per heavy atom. The van der Waals surface area contributed by atoms with Crippen LogP contribution in [0.25, 0.3) is 21.9 Å².